The van der Waals surface area contributed by atoms with Crippen LogP contribution in [-0.2, 0) is 6.54 Å². The molecule has 0 radical (unpaired) electrons. The molecule has 0 saturated heterocycles. The van der Waals surface area contributed by atoms with Gasteiger partial charge >= 0.3 is 0 Å². The largest absolute Gasteiger partial charge is 0.348 e. The van der Waals surface area contributed by atoms with Gasteiger partial charge in [0.15, 0.2) is 0 Å². The lowest BCUT2D eigenvalue weighted by Crippen LogP contribution is -2.22. The summed E-state index contributed by atoms with van der Waals surface area (Å²) in [5.41, 5.74) is 3.50. The second-order valence-electron chi connectivity index (χ2n) is 4.61. The standard InChI is InChI=1S/C16H14N4O/c21-16(18-9-12-3-2-6-17-8-12)14-5-1-4-13(7-14)15-10-19-20-11-15/h1-8,10-11H,9H2,(H,18,21)(H,19,20). The maximum Gasteiger partial charge on any atom is 0.251 e. The van der Waals surface area contributed by atoms with Crippen LogP contribution in [0.5, 0.6) is 0 Å². The Bertz CT molecular complexity index is 723. The van der Waals surface area contributed by atoms with Crippen molar-refractivity contribution in [3.63, 3.8) is 0 Å². The Morgan fingerprint density at radius 1 is 1.14 bits per heavy atom. The van der Waals surface area contributed by atoms with Crippen LogP contribution >= 0.6 is 0 Å². The second-order valence-corrected chi connectivity index (χ2v) is 4.61. The van der Waals surface area contributed by atoms with Gasteiger partial charge in [0.2, 0.25) is 0 Å². The van der Waals surface area contributed by atoms with E-state index in [4.69, 9.17) is 0 Å². The molecular formula is C16H14N4O. The second kappa shape index (κ2) is 6.00. The molecule has 2 aromatic heterocycles. The Labute approximate surface area is 122 Å². The molecule has 21 heavy (non-hydrogen) atoms. The molecule has 0 aliphatic heterocycles. The maximum atomic E-state index is 12.2. The van der Waals surface area contributed by atoms with E-state index in [9.17, 15) is 4.79 Å². The van der Waals surface area contributed by atoms with Crippen LogP contribution in [0.15, 0.2) is 61.2 Å². The Morgan fingerprint density at radius 3 is 2.86 bits per heavy atom. The topological polar surface area (TPSA) is 70.7 Å². The highest BCUT2D eigenvalue weighted by Crippen LogP contribution is 2.18. The van der Waals surface area contributed by atoms with E-state index in [1.165, 1.54) is 0 Å². The van der Waals surface area contributed by atoms with Crippen LogP contribution in [0.2, 0.25) is 0 Å². The van der Waals surface area contributed by atoms with E-state index in [0.29, 0.717) is 12.1 Å². The van der Waals surface area contributed by atoms with Gasteiger partial charge in [0, 0.05) is 36.3 Å². The fraction of sp³-hybridized carbons (Fsp3) is 0.0625. The molecule has 0 saturated carbocycles. The lowest BCUT2D eigenvalue weighted by atomic mass is 10.1. The zero-order valence-electron chi connectivity index (χ0n) is 11.3. The molecule has 3 aromatic rings. The Kier molecular flexibility index (Phi) is 3.73. The number of amides is 1. The quantitative estimate of drug-likeness (QED) is 0.770. The normalized spacial score (nSPS) is 10.3. The predicted molar refractivity (Wildman–Crippen MR) is 79.4 cm³/mol. The zero-order chi connectivity index (χ0) is 14.5. The van der Waals surface area contributed by atoms with Gasteiger partial charge in [-0.15, -0.1) is 0 Å². The fourth-order valence-electron chi connectivity index (χ4n) is 2.04. The van der Waals surface area contributed by atoms with Crippen LogP contribution in [0.1, 0.15) is 15.9 Å². The number of rotatable bonds is 4. The molecule has 5 heteroatoms. The van der Waals surface area contributed by atoms with Crippen LogP contribution in [0.4, 0.5) is 0 Å². The predicted octanol–water partition coefficient (Wildman–Crippen LogP) is 2.40. The molecule has 0 unspecified atom stereocenters. The first-order chi connectivity index (χ1) is 10.3. The van der Waals surface area contributed by atoms with Crippen LogP contribution < -0.4 is 5.32 Å². The third-order valence-corrected chi connectivity index (χ3v) is 3.13. The summed E-state index contributed by atoms with van der Waals surface area (Å²) in [4.78, 5) is 16.2. The minimum atomic E-state index is -0.107. The van der Waals surface area contributed by atoms with E-state index in [1.54, 1.807) is 30.9 Å². The number of hydrogen-bond acceptors (Lipinski definition) is 3. The number of nitrogens with one attached hydrogen (secondary N) is 2. The van der Waals surface area contributed by atoms with Crippen molar-refractivity contribution in [2.45, 2.75) is 6.54 Å². The van der Waals surface area contributed by atoms with E-state index in [1.807, 2.05) is 30.3 Å². The first-order valence-corrected chi connectivity index (χ1v) is 6.59. The van der Waals surface area contributed by atoms with E-state index in [2.05, 4.69) is 20.5 Å². The third kappa shape index (κ3) is 3.14. The van der Waals surface area contributed by atoms with Gasteiger partial charge in [-0.25, -0.2) is 0 Å². The smallest absolute Gasteiger partial charge is 0.251 e. The number of aromatic nitrogens is 3. The molecule has 2 N–H and O–H groups in total. The van der Waals surface area contributed by atoms with Crippen molar-refractivity contribution in [1.29, 1.82) is 0 Å². The molecule has 104 valence electrons. The summed E-state index contributed by atoms with van der Waals surface area (Å²) in [6, 6.07) is 11.2. The summed E-state index contributed by atoms with van der Waals surface area (Å²) in [6.45, 7) is 0.461. The minimum absolute atomic E-state index is 0.107. The van der Waals surface area contributed by atoms with Gasteiger partial charge in [0.25, 0.3) is 5.91 Å². The third-order valence-electron chi connectivity index (χ3n) is 3.13. The van der Waals surface area contributed by atoms with Gasteiger partial charge in [0.05, 0.1) is 6.20 Å². The van der Waals surface area contributed by atoms with Gasteiger partial charge in [-0.05, 0) is 29.3 Å². The van der Waals surface area contributed by atoms with Crippen molar-refractivity contribution in [1.82, 2.24) is 20.5 Å². The fourth-order valence-corrected chi connectivity index (χ4v) is 2.04. The molecule has 2 heterocycles. The van der Waals surface area contributed by atoms with E-state index in [0.717, 1.165) is 16.7 Å². The summed E-state index contributed by atoms with van der Waals surface area (Å²) >= 11 is 0. The number of H-pyrrole nitrogens is 1. The number of benzene rings is 1. The van der Waals surface area contributed by atoms with Gasteiger partial charge < -0.3 is 5.32 Å². The zero-order valence-corrected chi connectivity index (χ0v) is 11.3. The van der Waals surface area contributed by atoms with Crippen LogP contribution in [-0.4, -0.2) is 21.1 Å². The van der Waals surface area contributed by atoms with Crippen molar-refractivity contribution in [2.24, 2.45) is 0 Å². The summed E-state index contributed by atoms with van der Waals surface area (Å²) in [7, 11) is 0. The average Bonchev–Trinajstić information content (AvgIpc) is 3.08. The van der Waals surface area contributed by atoms with Crippen LogP contribution in [0.25, 0.3) is 11.1 Å². The van der Waals surface area contributed by atoms with Crippen molar-refractivity contribution in [3.8, 4) is 11.1 Å². The van der Waals surface area contributed by atoms with Gasteiger partial charge in [0.1, 0.15) is 0 Å². The number of nitrogens with zero attached hydrogens (tertiary/aromatic N) is 2. The van der Waals surface area contributed by atoms with Crippen molar-refractivity contribution in [2.75, 3.05) is 0 Å². The molecule has 1 aromatic carbocycles. The number of carbonyl (C=O) groups excluding carboxylic acids is 1. The van der Waals surface area contributed by atoms with Gasteiger partial charge in [-0.2, -0.15) is 5.10 Å². The molecule has 5 nitrogen and oxygen atoms in total. The van der Waals surface area contributed by atoms with Gasteiger partial charge in [-0.1, -0.05) is 18.2 Å². The molecule has 0 aliphatic rings. The summed E-state index contributed by atoms with van der Waals surface area (Å²) in [6.07, 6.45) is 6.97. The monoisotopic (exact) mass is 278 g/mol. The van der Waals surface area contributed by atoms with E-state index >= 15 is 0 Å². The summed E-state index contributed by atoms with van der Waals surface area (Å²) < 4.78 is 0. The lowest BCUT2D eigenvalue weighted by molar-refractivity contribution is 0.0951. The maximum absolute atomic E-state index is 12.2. The molecular weight excluding hydrogens is 264 g/mol. The first kappa shape index (κ1) is 13.1. The van der Waals surface area contributed by atoms with Crippen molar-refractivity contribution < 1.29 is 4.79 Å². The molecule has 0 aliphatic carbocycles. The number of carbonyl (C=O) groups is 1. The van der Waals surface area contributed by atoms with Crippen molar-refractivity contribution >= 4 is 5.91 Å². The average molecular weight is 278 g/mol. The van der Waals surface area contributed by atoms with E-state index in [-0.39, 0.29) is 5.91 Å². The SMILES string of the molecule is O=C(NCc1cccnc1)c1cccc(-c2cn[nH]c2)c1. The highest BCUT2D eigenvalue weighted by Gasteiger charge is 2.07. The van der Waals surface area contributed by atoms with E-state index < -0.39 is 0 Å². The Balaban J connectivity index is 1.72. The molecule has 0 atom stereocenters. The summed E-state index contributed by atoms with van der Waals surface area (Å²) in [5.74, 6) is -0.107. The number of hydrogen-bond donors (Lipinski definition) is 2. The Hall–Kier alpha value is -2.95. The highest BCUT2D eigenvalue weighted by atomic mass is 16.1. The lowest BCUT2D eigenvalue weighted by Gasteiger charge is -2.06. The molecule has 0 fully saturated rings. The van der Waals surface area contributed by atoms with Gasteiger partial charge in [-0.3, -0.25) is 14.9 Å². The van der Waals surface area contributed by atoms with Crippen LogP contribution in [0, 0.1) is 0 Å². The first-order valence-electron chi connectivity index (χ1n) is 6.59. The number of pyridine rings is 1. The molecule has 0 bridgehead atoms. The van der Waals surface area contributed by atoms with Crippen LogP contribution in [0.3, 0.4) is 0 Å². The molecule has 0 spiro atoms. The molecule has 3 rings (SSSR count). The highest BCUT2D eigenvalue weighted by molar-refractivity contribution is 5.95. The number of aromatic amines is 1. The Morgan fingerprint density at radius 2 is 2.10 bits per heavy atom. The summed E-state index contributed by atoms with van der Waals surface area (Å²) in [5, 5.41) is 9.57. The molecule has 1 amide bonds. The van der Waals surface area contributed by atoms with Crippen molar-refractivity contribution in [3.05, 3.63) is 72.3 Å². The minimum Gasteiger partial charge on any atom is -0.348 e.